The van der Waals surface area contributed by atoms with E-state index in [1.807, 2.05) is 45.0 Å². The SMILES string of the molecule is CC(C)(C)NC(=O)NC1CCN(c2ccccc2C(=O)NC[C@@H]2CCCO2)CC1. The number of urea groups is 1. The molecule has 160 valence electrons. The molecule has 0 spiro atoms. The fourth-order valence-electron chi connectivity index (χ4n) is 3.88. The molecule has 2 saturated heterocycles. The zero-order valence-corrected chi connectivity index (χ0v) is 17.8. The van der Waals surface area contributed by atoms with Crippen LogP contribution in [0, 0.1) is 0 Å². The zero-order chi connectivity index (χ0) is 20.9. The van der Waals surface area contributed by atoms with Gasteiger partial charge >= 0.3 is 6.03 Å². The summed E-state index contributed by atoms with van der Waals surface area (Å²) in [7, 11) is 0. The van der Waals surface area contributed by atoms with Gasteiger partial charge in [0, 0.05) is 43.5 Å². The molecule has 3 rings (SSSR count). The van der Waals surface area contributed by atoms with Gasteiger partial charge in [-0.2, -0.15) is 0 Å². The summed E-state index contributed by atoms with van der Waals surface area (Å²) >= 11 is 0. The molecule has 0 radical (unpaired) electrons. The normalized spacial score (nSPS) is 20.4. The molecule has 7 heteroatoms. The Labute approximate surface area is 173 Å². The number of hydrogen-bond donors (Lipinski definition) is 3. The number of piperidine rings is 1. The largest absolute Gasteiger partial charge is 0.376 e. The summed E-state index contributed by atoms with van der Waals surface area (Å²) in [6.45, 7) is 8.85. The highest BCUT2D eigenvalue weighted by Gasteiger charge is 2.25. The average Bonchev–Trinajstić information content (AvgIpc) is 3.19. The Balaban J connectivity index is 1.54. The molecule has 0 bridgehead atoms. The minimum atomic E-state index is -0.249. The highest BCUT2D eigenvalue weighted by atomic mass is 16.5. The highest BCUT2D eigenvalue weighted by Crippen LogP contribution is 2.24. The quantitative estimate of drug-likeness (QED) is 0.707. The maximum atomic E-state index is 12.7. The topological polar surface area (TPSA) is 82.7 Å². The molecule has 1 aromatic rings. The van der Waals surface area contributed by atoms with Crippen molar-refractivity contribution in [2.45, 2.75) is 64.1 Å². The number of benzene rings is 1. The second kappa shape index (κ2) is 9.48. The standard InChI is InChI=1S/C22H34N4O3/c1-22(2,3)25-21(28)24-16-10-12-26(13-11-16)19-9-5-4-8-18(19)20(27)23-15-17-7-6-14-29-17/h4-5,8-9,16-17H,6-7,10-15H2,1-3H3,(H,23,27)(H2,24,25,28)/t17-/m0/s1. The van der Waals surface area contributed by atoms with Crippen molar-refractivity contribution >= 4 is 17.6 Å². The summed E-state index contributed by atoms with van der Waals surface area (Å²) in [5.74, 6) is -0.0547. The number of hydrogen-bond acceptors (Lipinski definition) is 4. The van der Waals surface area contributed by atoms with Gasteiger partial charge in [-0.1, -0.05) is 12.1 Å². The smallest absolute Gasteiger partial charge is 0.315 e. The van der Waals surface area contributed by atoms with Gasteiger partial charge in [0.2, 0.25) is 0 Å². The third-order valence-electron chi connectivity index (χ3n) is 5.32. The third-order valence-corrected chi connectivity index (χ3v) is 5.32. The van der Waals surface area contributed by atoms with Gasteiger partial charge in [-0.15, -0.1) is 0 Å². The minimum Gasteiger partial charge on any atom is -0.376 e. The van der Waals surface area contributed by atoms with E-state index < -0.39 is 0 Å². The van der Waals surface area contributed by atoms with Crippen molar-refractivity contribution in [1.29, 1.82) is 0 Å². The molecular weight excluding hydrogens is 368 g/mol. The number of ether oxygens (including phenoxy) is 1. The molecule has 0 unspecified atom stereocenters. The van der Waals surface area contributed by atoms with Crippen molar-refractivity contribution in [3.63, 3.8) is 0 Å². The van der Waals surface area contributed by atoms with Gasteiger partial charge in [0.1, 0.15) is 0 Å². The van der Waals surface area contributed by atoms with Crippen LogP contribution in [0.15, 0.2) is 24.3 Å². The zero-order valence-electron chi connectivity index (χ0n) is 17.8. The Morgan fingerprint density at radius 2 is 1.86 bits per heavy atom. The van der Waals surface area contributed by atoms with Crippen LogP contribution in [0.5, 0.6) is 0 Å². The predicted octanol–water partition coefficient (Wildman–Crippen LogP) is 2.66. The molecule has 2 aliphatic rings. The minimum absolute atomic E-state index is 0.0547. The van der Waals surface area contributed by atoms with E-state index in [1.54, 1.807) is 0 Å². The molecule has 0 saturated carbocycles. The van der Waals surface area contributed by atoms with E-state index in [1.165, 1.54) is 0 Å². The van der Waals surface area contributed by atoms with Crippen LogP contribution in [0.2, 0.25) is 0 Å². The van der Waals surface area contributed by atoms with E-state index in [9.17, 15) is 9.59 Å². The predicted molar refractivity (Wildman–Crippen MR) is 114 cm³/mol. The Morgan fingerprint density at radius 3 is 2.52 bits per heavy atom. The summed E-state index contributed by atoms with van der Waals surface area (Å²) < 4.78 is 5.59. The molecule has 2 aliphatic heterocycles. The third kappa shape index (κ3) is 6.35. The van der Waals surface area contributed by atoms with E-state index in [0.717, 1.165) is 51.1 Å². The lowest BCUT2D eigenvalue weighted by Crippen LogP contribution is -2.52. The van der Waals surface area contributed by atoms with E-state index >= 15 is 0 Å². The Hall–Kier alpha value is -2.28. The fraction of sp³-hybridized carbons (Fsp3) is 0.636. The number of nitrogens with zero attached hydrogens (tertiary/aromatic N) is 1. The lowest BCUT2D eigenvalue weighted by atomic mass is 10.0. The summed E-state index contributed by atoms with van der Waals surface area (Å²) in [5.41, 5.74) is 1.40. The van der Waals surface area contributed by atoms with Gasteiger partial charge in [-0.3, -0.25) is 4.79 Å². The van der Waals surface area contributed by atoms with Crippen molar-refractivity contribution in [2.75, 3.05) is 31.1 Å². The summed E-state index contributed by atoms with van der Waals surface area (Å²) in [6, 6.07) is 7.77. The van der Waals surface area contributed by atoms with E-state index in [-0.39, 0.29) is 29.6 Å². The van der Waals surface area contributed by atoms with Crippen molar-refractivity contribution in [3.8, 4) is 0 Å². The van der Waals surface area contributed by atoms with Crippen LogP contribution in [0.4, 0.5) is 10.5 Å². The maximum absolute atomic E-state index is 12.7. The van der Waals surface area contributed by atoms with Gasteiger partial charge < -0.3 is 25.6 Å². The van der Waals surface area contributed by atoms with Gasteiger partial charge in [0.05, 0.1) is 11.7 Å². The van der Waals surface area contributed by atoms with E-state index in [0.29, 0.717) is 12.1 Å². The Kier molecular flexibility index (Phi) is 7.00. The molecule has 1 aromatic carbocycles. The van der Waals surface area contributed by atoms with Crippen LogP contribution < -0.4 is 20.9 Å². The number of rotatable bonds is 5. The van der Waals surface area contributed by atoms with Crippen molar-refractivity contribution in [1.82, 2.24) is 16.0 Å². The van der Waals surface area contributed by atoms with Gasteiger partial charge in [-0.25, -0.2) is 4.79 Å². The van der Waals surface area contributed by atoms with Crippen LogP contribution in [0.3, 0.4) is 0 Å². The second-order valence-electron chi connectivity index (χ2n) is 8.97. The lowest BCUT2D eigenvalue weighted by molar-refractivity contribution is 0.0858. The van der Waals surface area contributed by atoms with Crippen LogP contribution in [-0.2, 0) is 4.74 Å². The number of amides is 3. The van der Waals surface area contributed by atoms with E-state index in [2.05, 4.69) is 20.9 Å². The molecule has 0 aliphatic carbocycles. The number of anilines is 1. The van der Waals surface area contributed by atoms with Crippen molar-refractivity contribution in [3.05, 3.63) is 29.8 Å². The highest BCUT2D eigenvalue weighted by molar-refractivity contribution is 5.99. The first-order valence-electron chi connectivity index (χ1n) is 10.6. The first-order valence-corrected chi connectivity index (χ1v) is 10.6. The van der Waals surface area contributed by atoms with Crippen LogP contribution in [0.1, 0.15) is 56.8 Å². The van der Waals surface area contributed by atoms with Crippen molar-refractivity contribution < 1.29 is 14.3 Å². The molecule has 1 atom stereocenters. The molecule has 29 heavy (non-hydrogen) atoms. The van der Waals surface area contributed by atoms with Crippen LogP contribution in [-0.4, -0.2) is 55.9 Å². The number of carbonyl (C=O) groups is 2. The summed E-state index contributed by atoms with van der Waals surface area (Å²) in [5, 5.41) is 9.03. The van der Waals surface area contributed by atoms with Crippen molar-refractivity contribution in [2.24, 2.45) is 0 Å². The average molecular weight is 403 g/mol. The van der Waals surface area contributed by atoms with Crippen LogP contribution >= 0.6 is 0 Å². The summed E-state index contributed by atoms with van der Waals surface area (Å²) in [4.78, 5) is 27.1. The first kappa shape index (κ1) is 21.4. The molecule has 3 amide bonds. The molecule has 0 aromatic heterocycles. The molecular formula is C22H34N4O3. The molecule has 2 fully saturated rings. The number of para-hydroxylation sites is 1. The Bertz CT molecular complexity index is 702. The number of carbonyl (C=O) groups excluding carboxylic acids is 2. The monoisotopic (exact) mass is 402 g/mol. The first-order chi connectivity index (χ1) is 13.8. The molecule has 2 heterocycles. The van der Waals surface area contributed by atoms with Gasteiger partial charge in [0.15, 0.2) is 0 Å². The molecule has 3 N–H and O–H groups in total. The fourth-order valence-corrected chi connectivity index (χ4v) is 3.88. The maximum Gasteiger partial charge on any atom is 0.315 e. The molecule has 7 nitrogen and oxygen atoms in total. The lowest BCUT2D eigenvalue weighted by Gasteiger charge is -2.35. The van der Waals surface area contributed by atoms with Crippen LogP contribution in [0.25, 0.3) is 0 Å². The number of nitrogens with one attached hydrogen (secondary N) is 3. The summed E-state index contributed by atoms with van der Waals surface area (Å²) in [6.07, 6.45) is 3.90. The van der Waals surface area contributed by atoms with E-state index in [4.69, 9.17) is 4.74 Å². The van der Waals surface area contributed by atoms with Gasteiger partial charge in [-0.05, 0) is 58.6 Å². The second-order valence-corrected chi connectivity index (χ2v) is 8.97. The van der Waals surface area contributed by atoms with Gasteiger partial charge in [0.25, 0.3) is 5.91 Å². The Morgan fingerprint density at radius 1 is 1.14 bits per heavy atom.